The van der Waals surface area contributed by atoms with Crippen molar-refractivity contribution in [1.82, 2.24) is 15.1 Å². The lowest BCUT2D eigenvalue weighted by Crippen LogP contribution is -2.21. The Morgan fingerprint density at radius 2 is 2.07 bits per heavy atom. The number of nitrogens with one attached hydrogen (secondary N) is 1. The second kappa shape index (κ2) is 7.95. The minimum Gasteiger partial charge on any atom is -0.755 e. The highest BCUT2D eigenvalue weighted by atomic mass is 35.5. The van der Waals surface area contributed by atoms with E-state index in [9.17, 15) is 13.6 Å². The van der Waals surface area contributed by atoms with E-state index >= 15 is 0 Å². The minimum absolute atomic E-state index is 0.00259. The number of nitrogens with zero attached hydrogens (tertiary/aromatic N) is 4. The number of anilines is 3. The van der Waals surface area contributed by atoms with Gasteiger partial charge in [-0.15, -0.1) is 0 Å². The third-order valence-electron chi connectivity index (χ3n) is 3.73. The number of amides is 1. The molecular formula is C16H15ClN5O4S2-. The SMILES string of the molecule is CC(=O)Nc1nc(C)c(-c2cnc(Cl)c(N(c3c(C)noc3C)S(=O)[O-])c2)s1. The Bertz CT molecular complexity index is 1060. The molecule has 3 aromatic heterocycles. The standard InChI is InChI=1S/C16H16ClN5O4S2/c1-7-13(9(3)26-21-7)22(28(24)25)12-5-11(6-18-15(12)17)14-8(2)19-16(27-14)20-10(4)23/h5-6H,1-4H3,(H,24,25)(H,19,20,23)/p-1. The largest absolute Gasteiger partial charge is 0.755 e. The molecule has 0 aromatic carbocycles. The van der Waals surface area contributed by atoms with Crippen molar-refractivity contribution >= 4 is 56.6 Å². The molecule has 0 saturated carbocycles. The van der Waals surface area contributed by atoms with Crippen LogP contribution in [0, 0.1) is 20.8 Å². The molecule has 3 rings (SSSR count). The molecule has 1 atom stereocenters. The fraction of sp³-hybridized carbons (Fsp3) is 0.250. The maximum absolute atomic E-state index is 12.0. The molecule has 0 radical (unpaired) electrons. The molecule has 0 fully saturated rings. The smallest absolute Gasteiger partial charge is 0.223 e. The molecule has 1 N–H and O–H groups in total. The van der Waals surface area contributed by atoms with Gasteiger partial charge >= 0.3 is 0 Å². The Kier molecular flexibility index (Phi) is 5.79. The number of hydrogen-bond donors (Lipinski definition) is 1. The molecule has 0 aliphatic carbocycles. The minimum atomic E-state index is -2.70. The summed E-state index contributed by atoms with van der Waals surface area (Å²) in [6, 6.07) is 1.59. The van der Waals surface area contributed by atoms with Gasteiger partial charge in [-0.3, -0.25) is 13.3 Å². The average molecular weight is 441 g/mol. The first kappa shape index (κ1) is 20.4. The number of halogens is 1. The molecule has 148 valence electrons. The van der Waals surface area contributed by atoms with Gasteiger partial charge in [0.2, 0.25) is 5.91 Å². The lowest BCUT2D eigenvalue weighted by Gasteiger charge is -2.26. The Hall–Kier alpha value is -2.34. The molecule has 0 aliphatic rings. The number of aryl methyl sites for hydroxylation is 3. The van der Waals surface area contributed by atoms with Crippen LogP contribution in [0.15, 0.2) is 16.8 Å². The summed E-state index contributed by atoms with van der Waals surface area (Å²) >= 11 is 4.76. The zero-order valence-corrected chi connectivity index (χ0v) is 17.7. The van der Waals surface area contributed by atoms with Gasteiger partial charge in [-0.1, -0.05) is 28.1 Å². The molecular weight excluding hydrogens is 426 g/mol. The highest BCUT2D eigenvalue weighted by Crippen LogP contribution is 2.40. The number of aromatic nitrogens is 3. The summed E-state index contributed by atoms with van der Waals surface area (Å²) in [5.74, 6) is 0.0895. The van der Waals surface area contributed by atoms with Crippen LogP contribution in [0.3, 0.4) is 0 Å². The van der Waals surface area contributed by atoms with Crippen LogP contribution in [0.2, 0.25) is 5.15 Å². The van der Waals surface area contributed by atoms with E-state index in [2.05, 4.69) is 20.4 Å². The van der Waals surface area contributed by atoms with Crippen molar-refractivity contribution < 1.29 is 18.1 Å². The average Bonchev–Trinajstić information content (AvgIpc) is 3.12. The Labute approximate surface area is 172 Å². The van der Waals surface area contributed by atoms with Gasteiger partial charge in [0, 0.05) is 18.7 Å². The molecule has 1 amide bonds. The molecule has 0 saturated heterocycles. The van der Waals surface area contributed by atoms with E-state index in [1.165, 1.54) is 24.5 Å². The van der Waals surface area contributed by atoms with E-state index in [0.29, 0.717) is 27.8 Å². The fourth-order valence-electron chi connectivity index (χ4n) is 2.61. The van der Waals surface area contributed by atoms with E-state index in [4.69, 9.17) is 16.1 Å². The summed E-state index contributed by atoms with van der Waals surface area (Å²) < 4.78 is 30.1. The first-order chi connectivity index (χ1) is 13.2. The summed E-state index contributed by atoms with van der Waals surface area (Å²) in [4.78, 5) is 20.4. The van der Waals surface area contributed by atoms with E-state index in [1.54, 1.807) is 26.8 Å². The monoisotopic (exact) mass is 440 g/mol. The van der Waals surface area contributed by atoms with Crippen LogP contribution in [-0.2, 0) is 16.1 Å². The van der Waals surface area contributed by atoms with Gasteiger partial charge in [0.25, 0.3) is 0 Å². The molecule has 12 heteroatoms. The van der Waals surface area contributed by atoms with E-state index in [0.717, 1.165) is 9.18 Å². The van der Waals surface area contributed by atoms with E-state index in [1.807, 2.05) is 0 Å². The third kappa shape index (κ3) is 3.92. The van der Waals surface area contributed by atoms with Gasteiger partial charge in [0.1, 0.15) is 11.4 Å². The zero-order chi connectivity index (χ0) is 20.6. The summed E-state index contributed by atoms with van der Waals surface area (Å²) in [6.07, 6.45) is 1.52. The summed E-state index contributed by atoms with van der Waals surface area (Å²) in [6.45, 7) is 6.41. The summed E-state index contributed by atoms with van der Waals surface area (Å²) in [5.41, 5.74) is 2.08. The van der Waals surface area contributed by atoms with Crippen molar-refractivity contribution in [1.29, 1.82) is 0 Å². The second-order valence-corrected chi connectivity index (χ2v) is 7.99. The van der Waals surface area contributed by atoms with E-state index < -0.39 is 11.3 Å². The van der Waals surface area contributed by atoms with Crippen molar-refractivity contribution in [3.63, 3.8) is 0 Å². The van der Waals surface area contributed by atoms with Gasteiger partial charge in [0.15, 0.2) is 16.0 Å². The molecule has 1 unspecified atom stereocenters. The Morgan fingerprint density at radius 1 is 1.36 bits per heavy atom. The van der Waals surface area contributed by atoms with Crippen LogP contribution in [0.1, 0.15) is 24.1 Å². The highest BCUT2D eigenvalue weighted by Gasteiger charge is 2.24. The van der Waals surface area contributed by atoms with Crippen LogP contribution in [0.25, 0.3) is 10.4 Å². The normalized spacial score (nSPS) is 12.1. The third-order valence-corrected chi connectivity index (χ3v) is 5.82. The maximum atomic E-state index is 12.0. The molecule has 0 spiro atoms. The predicted octanol–water partition coefficient (Wildman–Crippen LogP) is 3.66. The summed E-state index contributed by atoms with van der Waals surface area (Å²) in [5, 5.41) is 6.86. The molecule has 3 aromatic rings. The van der Waals surface area contributed by atoms with Gasteiger partial charge < -0.3 is 14.4 Å². The van der Waals surface area contributed by atoms with Crippen molar-refractivity contribution in [3.8, 4) is 10.4 Å². The molecule has 9 nitrogen and oxygen atoms in total. The second-order valence-electron chi connectivity index (χ2n) is 5.83. The molecule has 0 aliphatic heterocycles. The molecule has 28 heavy (non-hydrogen) atoms. The number of carbonyl (C=O) groups excluding carboxylic acids is 1. The van der Waals surface area contributed by atoms with Crippen LogP contribution >= 0.6 is 22.9 Å². The topological polar surface area (TPSA) is 124 Å². The number of carbonyl (C=O) groups is 1. The van der Waals surface area contributed by atoms with Gasteiger partial charge in [-0.25, -0.2) is 9.97 Å². The zero-order valence-electron chi connectivity index (χ0n) is 15.3. The maximum Gasteiger partial charge on any atom is 0.223 e. The van der Waals surface area contributed by atoms with Crippen molar-refractivity contribution in [2.45, 2.75) is 27.7 Å². The van der Waals surface area contributed by atoms with Gasteiger partial charge in [0.05, 0.1) is 27.5 Å². The van der Waals surface area contributed by atoms with Crippen LogP contribution in [0.5, 0.6) is 0 Å². The van der Waals surface area contributed by atoms with E-state index in [-0.39, 0.29) is 22.4 Å². The van der Waals surface area contributed by atoms with Crippen molar-refractivity contribution in [2.24, 2.45) is 0 Å². The number of rotatable bonds is 5. The number of hydrogen-bond acceptors (Lipinski definition) is 8. The quantitative estimate of drug-likeness (QED) is 0.474. The van der Waals surface area contributed by atoms with Gasteiger partial charge in [-0.2, -0.15) is 0 Å². The van der Waals surface area contributed by atoms with Crippen LogP contribution in [0.4, 0.5) is 16.5 Å². The number of thiazole rings is 1. The van der Waals surface area contributed by atoms with Gasteiger partial charge in [-0.05, 0) is 26.8 Å². The lowest BCUT2D eigenvalue weighted by molar-refractivity contribution is -0.114. The lowest BCUT2D eigenvalue weighted by atomic mass is 10.2. The number of pyridine rings is 1. The Balaban J connectivity index is 2.12. The predicted molar refractivity (Wildman–Crippen MR) is 106 cm³/mol. The Morgan fingerprint density at radius 3 is 2.64 bits per heavy atom. The first-order valence-corrected chi connectivity index (χ1v) is 10.1. The van der Waals surface area contributed by atoms with Crippen LogP contribution in [-0.4, -0.2) is 29.8 Å². The first-order valence-electron chi connectivity index (χ1n) is 7.92. The van der Waals surface area contributed by atoms with Crippen LogP contribution < -0.4 is 9.62 Å². The van der Waals surface area contributed by atoms with Crippen molar-refractivity contribution in [2.75, 3.05) is 9.62 Å². The highest BCUT2D eigenvalue weighted by molar-refractivity contribution is 7.81. The van der Waals surface area contributed by atoms with Crippen molar-refractivity contribution in [3.05, 3.63) is 34.6 Å². The molecule has 3 heterocycles. The summed E-state index contributed by atoms with van der Waals surface area (Å²) in [7, 11) is 0. The molecule has 0 bridgehead atoms. The fourth-order valence-corrected chi connectivity index (χ4v) is 4.56.